The molecule has 2 aliphatic rings. The third-order valence-corrected chi connectivity index (χ3v) is 5.08. The van der Waals surface area contributed by atoms with Gasteiger partial charge in [0, 0.05) is 57.9 Å². The van der Waals surface area contributed by atoms with E-state index in [9.17, 15) is 4.79 Å². The van der Waals surface area contributed by atoms with Crippen molar-refractivity contribution < 1.29 is 4.79 Å². The number of nitrogens with zero attached hydrogens (tertiary/aromatic N) is 3. The largest absolute Gasteiger partial charge is 0.337 e. The summed E-state index contributed by atoms with van der Waals surface area (Å²) in [5, 5.41) is 3.32. The Kier molecular flexibility index (Phi) is 5.30. The van der Waals surface area contributed by atoms with Crippen molar-refractivity contribution in [2.75, 3.05) is 53.4 Å². The number of nitrogens with one attached hydrogen (secondary N) is 1. The maximum absolute atomic E-state index is 12.7. The highest BCUT2D eigenvalue weighted by Gasteiger charge is 2.24. The van der Waals surface area contributed by atoms with Gasteiger partial charge in [-0.15, -0.1) is 0 Å². The van der Waals surface area contributed by atoms with E-state index in [1.165, 1.54) is 5.56 Å². The molecule has 1 atom stereocenters. The Morgan fingerprint density at radius 3 is 2.78 bits per heavy atom. The lowest BCUT2D eigenvalue weighted by molar-refractivity contribution is 0.0743. The zero-order valence-electron chi connectivity index (χ0n) is 14.3. The van der Waals surface area contributed by atoms with Crippen molar-refractivity contribution in [2.24, 2.45) is 0 Å². The summed E-state index contributed by atoms with van der Waals surface area (Å²) >= 11 is 0. The number of hydrogen-bond donors (Lipinski definition) is 1. The van der Waals surface area contributed by atoms with Gasteiger partial charge in [0.25, 0.3) is 5.91 Å². The summed E-state index contributed by atoms with van der Waals surface area (Å²) in [6, 6.07) is 8.48. The van der Waals surface area contributed by atoms with E-state index in [2.05, 4.69) is 34.3 Å². The topological polar surface area (TPSA) is 38.8 Å². The van der Waals surface area contributed by atoms with Gasteiger partial charge in [0.1, 0.15) is 0 Å². The molecule has 0 aromatic heterocycles. The molecule has 3 rings (SSSR count). The molecule has 0 bridgehead atoms. The van der Waals surface area contributed by atoms with Crippen molar-refractivity contribution in [2.45, 2.75) is 19.0 Å². The first kappa shape index (κ1) is 16.4. The van der Waals surface area contributed by atoms with Crippen molar-refractivity contribution in [3.05, 3.63) is 35.4 Å². The third kappa shape index (κ3) is 4.10. The van der Waals surface area contributed by atoms with E-state index in [0.29, 0.717) is 6.04 Å². The summed E-state index contributed by atoms with van der Waals surface area (Å²) in [6.07, 6.45) is 1.04. The molecule has 2 fully saturated rings. The first-order chi connectivity index (χ1) is 11.1. The van der Waals surface area contributed by atoms with Crippen molar-refractivity contribution in [3.8, 4) is 0 Å². The summed E-state index contributed by atoms with van der Waals surface area (Å²) in [5.41, 5.74) is 2.05. The van der Waals surface area contributed by atoms with Crippen molar-refractivity contribution >= 4 is 5.91 Å². The van der Waals surface area contributed by atoms with Crippen LogP contribution in [0.5, 0.6) is 0 Å². The van der Waals surface area contributed by atoms with Gasteiger partial charge in [-0.3, -0.25) is 9.69 Å². The molecule has 5 nitrogen and oxygen atoms in total. The fourth-order valence-electron chi connectivity index (χ4n) is 3.41. The minimum atomic E-state index is 0.138. The number of carbonyl (C=O) groups excluding carboxylic acids is 1. The molecule has 1 amide bonds. The molecule has 2 aliphatic heterocycles. The van der Waals surface area contributed by atoms with Gasteiger partial charge in [-0.25, -0.2) is 0 Å². The molecule has 5 heteroatoms. The second kappa shape index (κ2) is 7.43. The van der Waals surface area contributed by atoms with Crippen LogP contribution in [0.15, 0.2) is 24.3 Å². The van der Waals surface area contributed by atoms with Crippen molar-refractivity contribution in [1.82, 2.24) is 20.0 Å². The quantitative estimate of drug-likeness (QED) is 0.895. The Hall–Kier alpha value is -1.43. The van der Waals surface area contributed by atoms with E-state index in [1.54, 1.807) is 0 Å². The molecular weight excluding hydrogens is 288 g/mol. The van der Waals surface area contributed by atoms with Gasteiger partial charge in [-0.2, -0.15) is 0 Å². The van der Waals surface area contributed by atoms with Gasteiger partial charge in [-0.05, 0) is 37.7 Å². The maximum atomic E-state index is 12.7. The molecule has 1 N–H and O–H groups in total. The van der Waals surface area contributed by atoms with Gasteiger partial charge in [0.2, 0.25) is 0 Å². The molecule has 2 heterocycles. The van der Waals surface area contributed by atoms with Crippen LogP contribution < -0.4 is 5.32 Å². The summed E-state index contributed by atoms with van der Waals surface area (Å²) in [5.74, 6) is 0.138. The normalized spacial score (nSPS) is 23.1. The summed E-state index contributed by atoms with van der Waals surface area (Å²) in [4.78, 5) is 19.4. The number of likely N-dealkylation sites (N-methyl/N-ethyl adjacent to an activating group) is 2. The van der Waals surface area contributed by atoms with E-state index in [-0.39, 0.29) is 5.91 Å². The van der Waals surface area contributed by atoms with Gasteiger partial charge >= 0.3 is 0 Å². The predicted octanol–water partition coefficient (Wildman–Crippen LogP) is 0.868. The van der Waals surface area contributed by atoms with Gasteiger partial charge in [0.05, 0.1) is 0 Å². The average Bonchev–Trinajstić information content (AvgIpc) is 3.10. The lowest BCUT2D eigenvalue weighted by Gasteiger charge is -2.32. The Morgan fingerprint density at radius 2 is 2.09 bits per heavy atom. The highest BCUT2D eigenvalue weighted by atomic mass is 16.2. The minimum Gasteiger partial charge on any atom is -0.337 e. The fraction of sp³-hybridized carbons (Fsp3) is 0.611. The molecule has 126 valence electrons. The minimum absolute atomic E-state index is 0.138. The molecule has 1 aromatic carbocycles. The van der Waals surface area contributed by atoms with Crippen LogP contribution in [0, 0.1) is 0 Å². The maximum Gasteiger partial charge on any atom is 0.253 e. The van der Waals surface area contributed by atoms with Crippen LogP contribution >= 0.6 is 0 Å². The first-order valence-electron chi connectivity index (χ1n) is 8.61. The van der Waals surface area contributed by atoms with E-state index in [0.717, 1.165) is 57.8 Å². The number of piperazine rings is 1. The van der Waals surface area contributed by atoms with Crippen LogP contribution in [0.25, 0.3) is 0 Å². The van der Waals surface area contributed by atoms with Crippen LogP contribution in [-0.2, 0) is 6.54 Å². The summed E-state index contributed by atoms with van der Waals surface area (Å²) < 4.78 is 0. The molecular formula is C18H28N4O. The van der Waals surface area contributed by atoms with Crippen LogP contribution in [0.1, 0.15) is 22.3 Å². The molecule has 1 aromatic rings. The second-order valence-corrected chi connectivity index (χ2v) is 6.84. The smallest absolute Gasteiger partial charge is 0.253 e. The average molecular weight is 316 g/mol. The number of rotatable bonds is 4. The van der Waals surface area contributed by atoms with E-state index >= 15 is 0 Å². The zero-order chi connectivity index (χ0) is 16.2. The van der Waals surface area contributed by atoms with E-state index < -0.39 is 0 Å². The SMILES string of the molecule is CN1CCN(Cc2cccc(C(=O)N(C)C3CCNC3)c2)CC1. The molecule has 0 saturated carbocycles. The fourth-order valence-corrected chi connectivity index (χ4v) is 3.41. The monoisotopic (exact) mass is 316 g/mol. The number of carbonyl (C=O) groups is 1. The summed E-state index contributed by atoms with van der Waals surface area (Å²) in [7, 11) is 4.09. The molecule has 0 aliphatic carbocycles. The Morgan fingerprint density at radius 1 is 1.30 bits per heavy atom. The van der Waals surface area contributed by atoms with Crippen LogP contribution in [0.3, 0.4) is 0 Å². The first-order valence-corrected chi connectivity index (χ1v) is 8.61. The second-order valence-electron chi connectivity index (χ2n) is 6.84. The lowest BCUT2D eigenvalue weighted by atomic mass is 10.1. The third-order valence-electron chi connectivity index (χ3n) is 5.08. The molecule has 23 heavy (non-hydrogen) atoms. The van der Waals surface area contributed by atoms with Crippen molar-refractivity contribution in [1.29, 1.82) is 0 Å². The van der Waals surface area contributed by atoms with Crippen molar-refractivity contribution in [3.63, 3.8) is 0 Å². The molecule has 2 saturated heterocycles. The van der Waals surface area contributed by atoms with Crippen LogP contribution in [-0.4, -0.2) is 80.0 Å². The Bertz CT molecular complexity index is 534. The van der Waals surface area contributed by atoms with Crippen LogP contribution in [0.2, 0.25) is 0 Å². The zero-order valence-corrected chi connectivity index (χ0v) is 14.3. The predicted molar refractivity (Wildman–Crippen MR) is 92.6 cm³/mol. The number of hydrogen-bond acceptors (Lipinski definition) is 4. The highest BCUT2D eigenvalue weighted by Crippen LogP contribution is 2.15. The van der Waals surface area contributed by atoms with Gasteiger partial charge < -0.3 is 15.1 Å². The number of benzene rings is 1. The van der Waals surface area contributed by atoms with Gasteiger partial charge in [-0.1, -0.05) is 12.1 Å². The molecule has 0 spiro atoms. The lowest BCUT2D eigenvalue weighted by Crippen LogP contribution is -2.43. The Labute approximate surface area is 139 Å². The standard InChI is InChI=1S/C18H28N4O/c1-20-8-10-22(11-9-20)14-15-4-3-5-16(12-15)18(23)21(2)17-6-7-19-13-17/h3-5,12,17,19H,6-11,13-14H2,1-2H3. The van der Waals surface area contributed by atoms with E-state index in [1.807, 2.05) is 24.1 Å². The Balaban J connectivity index is 1.63. The van der Waals surface area contributed by atoms with Crippen LogP contribution in [0.4, 0.5) is 0 Å². The molecule has 1 unspecified atom stereocenters. The van der Waals surface area contributed by atoms with Gasteiger partial charge in [0.15, 0.2) is 0 Å². The highest BCUT2D eigenvalue weighted by molar-refractivity contribution is 5.94. The summed E-state index contributed by atoms with van der Waals surface area (Å²) in [6.45, 7) is 7.29. The van der Waals surface area contributed by atoms with E-state index in [4.69, 9.17) is 0 Å². The molecule has 0 radical (unpaired) electrons. The number of amides is 1.